The van der Waals surface area contributed by atoms with E-state index in [1.54, 1.807) is 0 Å². The van der Waals surface area contributed by atoms with Crippen LogP contribution in [0.25, 0.3) is 0 Å². The van der Waals surface area contributed by atoms with Gasteiger partial charge in [-0.1, -0.05) is 0 Å². The summed E-state index contributed by atoms with van der Waals surface area (Å²) in [4.78, 5) is 34.7. The molecule has 4 N–H and O–H groups in total. The Morgan fingerprint density at radius 3 is 2.43 bits per heavy atom. The molecule has 0 unspecified atom stereocenters. The molecule has 0 bridgehead atoms. The first-order valence-electron chi connectivity index (χ1n) is 6.61. The fraction of sp³-hybridized carbons (Fsp3) is 0.357. The average Bonchev–Trinajstić information content (AvgIpc) is 2.47. The first kappa shape index (κ1) is 16.6. The minimum Gasteiger partial charge on any atom is -0.399 e. The number of nitrogens with one attached hydrogen (secondary N) is 2. The second kappa shape index (κ2) is 8.70. The number of hydrogen-bond acceptors (Lipinski definition) is 5. The zero-order valence-corrected chi connectivity index (χ0v) is 11.8. The van der Waals surface area contributed by atoms with E-state index in [1.165, 1.54) is 24.3 Å². The highest BCUT2D eigenvalue weighted by molar-refractivity contribution is 6.38. The summed E-state index contributed by atoms with van der Waals surface area (Å²) < 4.78 is 5.09. The van der Waals surface area contributed by atoms with E-state index in [4.69, 9.17) is 10.5 Å². The molecule has 0 aliphatic carbocycles. The maximum Gasteiger partial charge on any atom is 0.316 e. The monoisotopic (exact) mass is 293 g/mol. The van der Waals surface area contributed by atoms with Crippen LogP contribution in [-0.4, -0.2) is 37.5 Å². The number of imide groups is 1. The third kappa shape index (κ3) is 6.05. The molecule has 0 saturated carbocycles. The summed E-state index contributed by atoms with van der Waals surface area (Å²) >= 11 is 0. The molecule has 0 spiro atoms. The SMILES string of the molecule is CCOCCCNC(=O)C(=O)NC(=O)c1ccc(N)cc1. The van der Waals surface area contributed by atoms with Crippen LogP contribution in [0, 0.1) is 0 Å². The number of ether oxygens (including phenoxy) is 1. The highest BCUT2D eigenvalue weighted by Crippen LogP contribution is 2.04. The molecule has 0 saturated heterocycles. The molecule has 114 valence electrons. The van der Waals surface area contributed by atoms with Gasteiger partial charge < -0.3 is 15.8 Å². The number of nitrogen functional groups attached to an aromatic ring is 1. The number of hydrogen-bond donors (Lipinski definition) is 3. The lowest BCUT2D eigenvalue weighted by atomic mass is 10.2. The van der Waals surface area contributed by atoms with Crippen LogP contribution in [0.5, 0.6) is 0 Å². The largest absolute Gasteiger partial charge is 0.399 e. The number of carbonyl (C=O) groups is 3. The Bertz CT molecular complexity index is 499. The van der Waals surface area contributed by atoms with E-state index >= 15 is 0 Å². The summed E-state index contributed by atoms with van der Waals surface area (Å²) in [6.07, 6.45) is 0.596. The van der Waals surface area contributed by atoms with Crippen molar-refractivity contribution in [3.05, 3.63) is 29.8 Å². The first-order valence-corrected chi connectivity index (χ1v) is 6.61. The van der Waals surface area contributed by atoms with Crippen LogP contribution >= 0.6 is 0 Å². The van der Waals surface area contributed by atoms with Crippen molar-refractivity contribution in [2.24, 2.45) is 0 Å². The molecule has 1 aromatic rings. The second-order valence-corrected chi connectivity index (χ2v) is 4.21. The van der Waals surface area contributed by atoms with Gasteiger partial charge in [0.05, 0.1) is 0 Å². The van der Waals surface area contributed by atoms with Gasteiger partial charge >= 0.3 is 11.8 Å². The van der Waals surface area contributed by atoms with Crippen LogP contribution < -0.4 is 16.4 Å². The van der Waals surface area contributed by atoms with Gasteiger partial charge in [-0.15, -0.1) is 0 Å². The first-order chi connectivity index (χ1) is 10.0. The Hall–Kier alpha value is -2.41. The fourth-order valence-electron chi connectivity index (χ4n) is 1.47. The van der Waals surface area contributed by atoms with Crippen LogP contribution in [0.3, 0.4) is 0 Å². The van der Waals surface area contributed by atoms with Crippen molar-refractivity contribution in [3.8, 4) is 0 Å². The minimum atomic E-state index is -0.992. The summed E-state index contributed by atoms with van der Waals surface area (Å²) in [5.74, 6) is -2.49. The molecule has 3 amide bonds. The van der Waals surface area contributed by atoms with Gasteiger partial charge in [-0.25, -0.2) is 0 Å². The number of anilines is 1. The molecule has 1 aromatic carbocycles. The van der Waals surface area contributed by atoms with Crippen molar-refractivity contribution in [1.82, 2.24) is 10.6 Å². The smallest absolute Gasteiger partial charge is 0.316 e. The zero-order valence-electron chi connectivity index (χ0n) is 11.8. The van der Waals surface area contributed by atoms with Crippen molar-refractivity contribution >= 4 is 23.4 Å². The molecular formula is C14H19N3O4. The second-order valence-electron chi connectivity index (χ2n) is 4.21. The highest BCUT2D eigenvalue weighted by Gasteiger charge is 2.17. The summed E-state index contributed by atoms with van der Waals surface area (Å²) in [6.45, 7) is 3.28. The molecule has 1 rings (SSSR count). The van der Waals surface area contributed by atoms with Crippen LogP contribution in [0.4, 0.5) is 5.69 Å². The summed E-state index contributed by atoms with van der Waals surface area (Å²) in [6, 6.07) is 6.01. The quantitative estimate of drug-likeness (QED) is 0.390. The lowest BCUT2D eigenvalue weighted by Gasteiger charge is -2.06. The van der Waals surface area contributed by atoms with E-state index in [-0.39, 0.29) is 5.56 Å². The van der Waals surface area contributed by atoms with Crippen molar-refractivity contribution in [3.63, 3.8) is 0 Å². The third-order valence-corrected chi connectivity index (χ3v) is 2.56. The summed E-state index contributed by atoms with van der Waals surface area (Å²) in [5.41, 5.74) is 6.25. The van der Waals surface area contributed by atoms with Crippen LogP contribution in [0.2, 0.25) is 0 Å². The lowest BCUT2D eigenvalue weighted by Crippen LogP contribution is -2.43. The summed E-state index contributed by atoms with van der Waals surface area (Å²) in [5, 5.41) is 4.41. The van der Waals surface area contributed by atoms with Crippen molar-refractivity contribution in [1.29, 1.82) is 0 Å². The van der Waals surface area contributed by atoms with E-state index in [0.717, 1.165) is 0 Å². The van der Waals surface area contributed by atoms with Gasteiger partial charge in [-0.2, -0.15) is 0 Å². The third-order valence-electron chi connectivity index (χ3n) is 2.56. The van der Waals surface area contributed by atoms with Crippen LogP contribution in [-0.2, 0) is 14.3 Å². The topological polar surface area (TPSA) is 111 Å². The van der Waals surface area contributed by atoms with Gasteiger partial charge in [0.1, 0.15) is 0 Å². The molecule has 0 atom stereocenters. The Morgan fingerprint density at radius 1 is 1.14 bits per heavy atom. The molecule has 0 fully saturated rings. The van der Waals surface area contributed by atoms with E-state index in [0.29, 0.717) is 31.9 Å². The molecule has 7 nitrogen and oxygen atoms in total. The van der Waals surface area contributed by atoms with Crippen molar-refractivity contribution < 1.29 is 19.1 Å². The van der Waals surface area contributed by atoms with Crippen molar-refractivity contribution in [2.75, 3.05) is 25.5 Å². The zero-order chi connectivity index (χ0) is 15.7. The molecule has 0 aliphatic heterocycles. The van der Waals surface area contributed by atoms with Crippen LogP contribution in [0.1, 0.15) is 23.7 Å². The molecule has 0 aliphatic rings. The Kier molecular flexibility index (Phi) is 6.90. The average molecular weight is 293 g/mol. The lowest BCUT2D eigenvalue weighted by molar-refractivity contribution is -0.138. The van der Waals surface area contributed by atoms with Gasteiger partial charge in [-0.3, -0.25) is 19.7 Å². The standard InChI is InChI=1S/C14H19N3O4/c1-2-21-9-3-8-16-13(19)14(20)17-12(18)10-4-6-11(15)7-5-10/h4-7H,2-3,8-9,15H2,1H3,(H,16,19)(H,17,18,20). The van der Waals surface area contributed by atoms with Gasteiger partial charge in [-0.05, 0) is 37.6 Å². The summed E-state index contributed by atoms with van der Waals surface area (Å²) in [7, 11) is 0. The van der Waals surface area contributed by atoms with E-state index in [1.807, 2.05) is 12.2 Å². The number of rotatable bonds is 6. The minimum absolute atomic E-state index is 0.252. The van der Waals surface area contributed by atoms with E-state index in [2.05, 4.69) is 5.32 Å². The number of carbonyl (C=O) groups excluding carboxylic acids is 3. The maximum absolute atomic E-state index is 11.7. The van der Waals surface area contributed by atoms with Crippen LogP contribution in [0.15, 0.2) is 24.3 Å². The molecule has 7 heteroatoms. The molecule has 21 heavy (non-hydrogen) atoms. The van der Waals surface area contributed by atoms with Gasteiger partial charge in [0.2, 0.25) is 0 Å². The maximum atomic E-state index is 11.7. The highest BCUT2D eigenvalue weighted by atomic mass is 16.5. The molecule has 0 aromatic heterocycles. The predicted molar refractivity (Wildman–Crippen MR) is 77.4 cm³/mol. The number of benzene rings is 1. The van der Waals surface area contributed by atoms with Crippen molar-refractivity contribution in [2.45, 2.75) is 13.3 Å². The normalized spacial score (nSPS) is 9.95. The van der Waals surface area contributed by atoms with E-state index < -0.39 is 17.7 Å². The Morgan fingerprint density at radius 2 is 1.81 bits per heavy atom. The molecular weight excluding hydrogens is 274 g/mol. The Balaban J connectivity index is 2.36. The Labute approximate surface area is 122 Å². The van der Waals surface area contributed by atoms with Gasteiger partial charge in [0.15, 0.2) is 0 Å². The number of nitrogens with two attached hydrogens (primary N) is 1. The van der Waals surface area contributed by atoms with Gasteiger partial charge in [0.25, 0.3) is 5.91 Å². The molecule has 0 radical (unpaired) electrons. The van der Waals surface area contributed by atoms with E-state index in [9.17, 15) is 14.4 Å². The predicted octanol–water partition coefficient (Wildman–Crippen LogP) is 0.0680. The molecule has 0 heterocycles. The number of amides is 3. The fourth-order valence-corrected chi connectivity index (χ4v) is 1.47. The van der Waals surface area contributed by atoms with Gasteiger partial charge in [0, 0.05) is 31.0 Å².